The van der Waals surface area contributed by atoms with Gasteiger partial charge in [-0.15, -0.1) is 0 Å². The molecule has 0 saturated carbocycles. The van der Waals surface area contributed by atoms with Gasteiger partial charge in [-0.2, -0.15) is 0 Å². The van der Waals surface area contributed by atoms with Crippen LogP contribution in [0.4, 0.5) is 19.3 Å². The quantitative estimate of drug-likeness (QED) is 0.865. The molecule has 1 N–H and O–H groups in total. The number of halogens is 2. The Kier molecular flexibility index (Phi) is 6.06. The first-order valence-corrected chi connectivity index (χ1v) is 9.23. The van der Waals surface area contributed by atoms with Gasteiger partial charge in [0.05, 0.1) is 5.69 Å². The average molecular weight is 373 g/mol. The number of benzene rings is 2. The molecule has 6 heteroatoms. The molecular weight excluding hydrogens is 348 g/mol. The molecule has 1 fully saturated rings. The molecule has 2 aromatic rings. The van der Waals surface area contributed by atoms with Gasteiger partial charge in [0, 0.05) is 38.3 Å². The molecule has 144 valence electrons. The molecule has 3 rings (SSSR count). The Morgan fingerprint density at radius 2 is 1.85 bits per heavy atom. The molecule has 27 heavy (non-hydrogen) atoms. The number of rotatable bonds is 3. The molecule has 1 saturated heterocycles. The predicted molar refractivity (Wildman–Crippen MR) is 103 cm³/mol. The number of amides is 2. The van der Waals surface area contributed by atoms with Gasteiger partial charge in [0.15, 0.2) is 0 Å². The fraction of sp³-hybridized carbons (Fsp3) is 0.381. The number of aryl methyl sites for hydroxylation is 1. The summed E-state index contributed by atoms with van der Waals surface area (Å²) in [7, 11) is 0. The van der Waals surface area contributed by atoms with Gasteiger partial charge in [-0.05, 0) is 37.5 Å². The number of hydrogen-bond acceptors (Lipinski definition) is 2. The van der Waals surface area contributed by atoms with Crippen molar-refractivity contribution in [2.24, 2.45) is 0 Å². The highest BCUT2D eigenvalue weighted by Crippen LogP contribution is 2.21. The van der Waals surface area contributed by atoms with Crippen molar-refractivity contribution < 1.29 is 13.6 Å². The van der Waals surface area contributed by atoms with E-state index in [0.29, 0.717) is 12.1 Å². The Labute approximate surface area is 158 Å². The second-order valence-electron chi connectivity index (χ2n) is 7.10. The van der Waals surface area contributed by atoms with Gasteiger partial charge in [0.1, 0.15) is 11.6 Å². The van der Waals surface area contributed by atoms with Gasteiger partial charge >= 0.3 is 6.03 Å². The highest BCUT2D eigenvalue weighted by Gasteiger charge is 2.25. The highest BCUT2D eigenvalue weighted by atomic mass is 19.1. The van der Waals surface area contributed by atoms with Gasteiger partial charge in [-0.25, -0.2) is 13.6 Å². The van der Waals surface area contributed by atoms with E-state index in [2.05, 4.69) is 22.3 Å². The zero-order valence-electron chi connectivity index (χ0n) is 15.7. The first-order valence-electron chi connectivity index (χ1n) is 9.23. The fourth-order valence-electron chi connectivity index (χ4n) is 3.35. The van der Waals surface area contributed by atoms with Gasteiger partial charge in [0.25, 0.3) is 0 Å². The van der Waals surface area contributed by atoms with Crippen LogP contribution in [-0.2, 0) is 6.54 Å². The minimum absolute atomic E-state index is 0.0106. The van der Waals surface area contributed by atoms with E-state index < -0.39 is 11.6 Å². The number of carbonyl (C=O) groups excluding carboxylic acids is 1. The van der Waals surface area contributed by atoms with Crippen LogP contribution in [0.2, 0.25) is 0 Å². The van der Waals surface area contributed by atoms with Crippen LogP contribution in [0.15, 0.2) is 42.5 Å². The Morgan fingerprint density at radius 1 is 1.11 bits per heavy atom. The third kappa shape index (κ3) is 4.83. The van der Waals surface area contributed by atoms with Crippen molar-refractivity contribution in [3.05, 3.63) is 65.2 Å². The monoisotopic (exact) mass is 373 g/mol. The Hall–Kier alpha value is -2.47. The summed E-state index contributed by atoms with van der Waals surface area (Å²) >= 11 is 0. The van der Waals surface area contributed by atoms with Gasteiger partial charge < -0.3 is 10.2 Å². The SMILES string of the molecule is Cc1cc(NC(=O)N2CCN(Cc3ccccc3)CCC2C)c(F)cc1F. The van der Waals surface area contributed by atoms with Crippen molar-refractivity contribution in [3.8, 4) is 0 Å². The van der Waals surface area contributed by atoms with E-state index in [4.69, 9.17) is 0 Å². The van der Waals surface area contributed by atoms with E-state index in [-0.39, 0.29) is 17.8 Å². The summed E-state index contributed by atoms with van der Waals surface area (Å²) in [6.45, 7) is 6.58. The van der Waals surface area contributed by atoms with Crippen LogP contribution in [0.5, 0.6) is 0 Å². The van der Waals surface area contributed by atoms with Crippen LogP contribution in [0, 0.1) is 18.6 Å². The van der Waals surface area contributed by atoms with E-state index in [9.17, 15) is 13.6 Å². The maximum absolute atomic E-state index is 14.0. The first-order chi connectivity index (χ1) is 12.9. The zero-order chi connectivity index (χ0) is 19.4. The predicted octanol–water partition coefficient (Wildman–Crippen LogP) is 4.40. The summed E-state index contributed by atoms with van der Waals surface area (Å²) in [5, 5.41) is 2.60. The first kappa shape index (κ1) is 19.3. The molecule has 1 atom stereocenters. The van der Waals surface area contributed by atoms with Crippen LogP contribution in [0.3, 0.4) is 0 Å². The summed E-state index contributed by atoms with van der Waals surface area (Å²) < 4.78 is 27.4. The molecule has 0 aromatic heterocycles. The summed E-state index contributed by atoms with van der Waals surface area (Å²) in [6.07, 6.45) is 0.838. The lowest BCUT2D eigenvalue weighted by Crippen LogP contribution is -2.42. The lowest BCUT2D eigenvalue weighted by Gasteiger charge is -2.27. The molecule has 1 unspecified atom stereocenters. The standard InChI is InChI=1S/C21H25F2N3O/c1-15-12-20(19(23)13-18(15)22)24-21(27)26-11-10-25(9-8-16(26)2)14-17-6-4-3-5-7-17/h3-7,12-13,16H,8-11,14H2,1-2H3,(H,24,27). The maximum atomic E-state index is 14.0. The minimum atomic E-state index is -0.764. The topological polar surface area (TPSA) is 35.6 Å². The highest BCUT2D eigenvalue weighted by molar-refractivity contribution is 5.89. The smallest absolute Gasteiger partial charge is 0.320 e. The number of carbonyl (C=O) groups is 1. The number of urea groups is 1. The Balaban J connectivity index is 1.64. The van der Waals surface area contributed by atoms with Crippen LogP contribution < -0.4 is 5.32 Å². The molecule has 2 amide bonds. The summed E-state index contributed by atoms with van der Waals surface area (Å²) in [6, 6.07) is 12.0. The number of nitrogens with one attached hydrogen (secondary N) is 1. The van der Waals surface area contributed by atoms with Crippen molar-refractivity contribution in [3.63, 3.8) is 0 Å². The summed E-state index contributed by atoms with van der Waals surface area (Å²) in [5.41, 5.74) is 1.55. The molecule has 1 aliphatic rings. The Bertz CT molecular complexity index is 798. The van der Waals surface area contributed by atoms with Crippen molar-refractivity contribution in [2.75, 3.05) is 25.0 Å². The van der Waals surface area contributed by atoms with E-state index in [0.717, 1.165) is 32.1 Å². The van der Waals surface area contributed by atoms with Gasteiger partial charge in [0.2, 0.25) is 0 Å². The summed E-state index contributed by atoms with van der Waals surface area (Å²) in [5.74, 6) is -1.38. The number of hydrogen-bond donors (Lipinski definition) is 1. The number of anilines is 1. The zero-order valence-corrected chi connectivity index (χ0v) is 15.7. The lowest BCUT2D eigenvalue weighted by atomic mass is 10.2. The minimum Gasteiger partial charge on any atom is -0.320 e. The van der Waals surface area contributed by atoms with E-state index in [1.807, 2.05) is 25.1 Å². The number of nitrogens with zero attached hydrogens (tertiary/aromatic N) is 2. The molecule has 0 aliphatic carbocycles. The van der Waals surface area contributed by atoms with Crippen molar-refractivity contribution >= 4 is 11.7 Å². The molecule has 1 heterocycles. The molecule has 0 spiro atoms. The van der Waals surface area contributed by atoms with Crippen LogP contribution in [0.1, 0.15) is 24.5 Å². The molecule has 0 bridgehead atoms. The van der Waals surface area contributed by atoms with Crippen molar-refractivity contribution in [2.45, 2.75) is 32.9 Å². The van der Waals surface area contributed by atoms with Crippen molar-refractivity contribution in [1.29, 1.82) is 0 Å². The molecule has 4 nitrogen and oxygen atoms in total. The summed E-state index contributed by atoms with van der Waals surface area (Å²) in [4.78, 5) is 16.7. The maximum Gasteiger partial charge on any atom is 0.322 e. The third-order valence-electron chi connectivity index (χ3n) is 5.05. The largest absolute Gasteiger partial charge is 0.322 e. The Morgan fingerprint density at radius 3 is 2.59 bits per heavy atom. The second-order valence-corrected chi connectivity index (χ2v) is 7.10. The van der Waals surface area contributed by atoms with E-state index in [1.54, 1.807) is 11.8 Å². The van der Waals surface area contributed by atoms with Crippen LogP contribution >= 0.6 is 0 Å². The molecule has 0 radical (unpaired) electrons. The van der Waals surface area contributed by atoms with E-state index in [1.165, 1.54) is 11.6 Å². The molecule has 1 aliphatic heterocycles. The van der Waals surface area contributed by atoms with Crippen LogP contribution in [0.25, 0.3) is 0 Å². The average Bonchev–Trinajstić information content (AvgIpc) is 2.82. The van der Waals surface area contributed by atoms with Gasteiger partial charge in [-0.3, -0.25) is 4.90 Å². The van der Waals surface area contributed by atoms with Crippen LogP contribution in [-0.4, -0.2) is 41.5 Å². The molecular formula is C21H25F2N3O. The van der Waals surface area contributed by atoms with Gasteiger partial charge in [-0.1, -0.05) is 30.3 Å². The normalized spacial score (nSPS) is 18.2. The fourth-order valence-corrected chi connectivity index (χ4v) is 3.35. The molecule has 2 aromatic carbocycles. The lowest BCUT2D eigenvalue weighted by molar-refractivity contribution is 0.194. The van der Waals surface area contributed by atoms with E-state index >= 15 is 0 Å². The van der Waals surface area contributed by atoms with Crippen molar-refractivity contribution in [1.82, 2.24) is 9.80 Å². The second kappa shape index (κ2) is 8.48. The third-order valence-corrected chi connectivity index (χ3v) is 5.05.